The average Bonchev–Trinajstić information content (AvgIpc) is 2.91. The van der Waals surface area contributed by atoms with Crippen LogP contribution in [0.1, 0.15) is 79.1 Å². The van der Waals surface area contributed by atoms with Gasteiger partial charge in [-0.2, -0.15) is 0 Å². The van der Waals surface area contributed by atoms with Crippen molar-refractivity contribution in [1.29, 1.82) is 0 Å². The van der Waals surface area contributed by atoms with E-state index in [0.29, 0.717) is 29.6 Å². The van der Waals surface area contributed by atoms with Gasteiger partial charge in [0.05, 0.1) is 18.8 Å². The Labute approximate surface area is 149 Å². The van der Waals surface area contributed by atoms with Crippen molar-refractivity contribution in [2.45, 2.75) is 97.3 Å². The van der Waals surface area contributed by atoms with E-state index in [1.54, 1.807) is 0 Å². The van der Waals surface area contributed by atoms with Crippen molar-refractivity contribution in [1.82, 2.24) is 4.90 Å². The van der Waals surface area contributed by atoms with Gasteiger partial charge in [-0.25, -0.2) is 0 Å². The van der Waals surface area contributed by atoms with E-state index in [1.165, 1.54) is 51.4 Å². The number of rotatable bonds is 7. The summed E-state index contributed by atoms with van der Waals surface area (Å²) in [5, 5.41) is 10.6. The Bertz CT molecular complexity index is 418. The van der Waals surface area contributed by atoms with Crippen LogP contribution >= 0.6 is 0 Å². The molecular formula is C21H39NO2. The number of fused-ring (bicyclic) bond motifs is 2. The smallest absolute Gasteiger partial charge is 0.0900 e. The van der Waals surface area contributed by atoms with Gasteiger partial charge in [-0.1, -0.05) is 47.0 Å². The molecule has 3 saturated carbocycles. The summed E-state index contributed by atoms with van der Waals surface area (Å²) in [5.74, 6) is 0.805. The fraction of sp³-hybridized carbons (Fsp3) is 1.00. The van der Waals surface area contributed by atoms with Gasteiger partial charge in [-0.05, 0) is 55.4 Å². The van der Waals surface area contributed by atoms with Crippen LogP contribution in [0.25, 0.3) is 0 Å². The molecule has 0 aromatic heterocycles. The summed E-state index contributed by atoms with van der Waals surface area (Å²) in [5.41, 5.74) is 0.686. The Morgan fingerprint density at radius 1 is 1.12 bits per heavy atom. The van der Waals surface area contributed by atoms with Crippen molar-refractivity contribution in [2.24, 2.45) is 16.7 Å². The third-order valence-electron chi connectivity index (χ3n) is 8.15. The Morgan fingerprint density at radius 3 is 2.38 bits per heavy atom. The van der Waals surface area contributed by atoms with Crippen LogP contribution in [-0.4, -0.2) is 48.0 Å². The molecule has 0 spiro atoms. The van der Waals surface area contributed by atoms with Gasteiger partial charge in [-0.15, -0.1) is 0 Å². The molecule has 4 atom stereocenters. The molecule has 3 nitrogen and oxygen atoms in total. The number of ether oxygens (including phenoxy) is 1. The molecule has 3 aliphatic carbocycles. The summed E-state index contributed by atoms with van der Waals surface area (Å²) in [6, 6.07) is 0.678. The fourth-order valence-electron chi connectivity index (χ4n) is 5.92. The van der Waals surface area contributed by atoms with Gasteiger partial charge in [0, 0.05) is 12.6 Å². The van der Waals surface area contributed by atoms with Gasteiger partial charge in [0.1, 0.15) is 0 Å². The Hall–Kier alpha value is -0.120. The van der Waals surface area contributed by atoms with E-state index in [2.05, 4.69) is 32.6 Å². The van der Waals surface area contributed by atoms with Crippen molar-refractivity contribution in [3.8, 4) is 0 Å². The summed E-state index contributed by atoms with van der Waals surface area (Å²) in [4.78, 5) is 2.49. The molecular weight excluding hydrogens is 298 g/mol. The standard InChI is InChI=1S/C21H39NO2/c1-5-22(17-9-7-6-8-10-17)14-18(23)15-24-19-13-16-11-12-21(19,4)20(16,2)3/h16-19,23H,5-15H2,1-4H3/t16-,18-,19+,21-/m0/s1. The van der Waals surface area contributed by atoms with E-state index >= 15 is 0 Å². The van der Waals surface area contributed by atoms with Crippen LogP contribution in [0.5, 0.6) is 0 Å². The molecule has 1 N–H and O–H groups in total. The van der Waals surface area contributed by atoms with Gasteiger partial charge < -0.3 is 9.84 Å². The second-order valence-electron chi connectivity index (χ2n) is 9.47. The minimum absolute atomic E-state index is 0.297. The lowest BCUT2D eigenvalue weighted by molar-refractivity contribution is -0.0813. The van der Waals surface area contributed by atoms with Crippen molar-refractivity contribution in [2.75, 3.05) is 19.7 Å². The third-order valence-corrected chi connectivity index (χ3v) is 8.15. The van der Waals surface area contributed by atoms with Gasteiger partial charge in [0.15, 0.2) is 0 Å². The van der Waals surface area contributed by atoms with Crippen LogP contribution in [0.3, 0.4) is 0 Å². The maximum atomic E-state index is 10.6. The fourth-order valence-corrected chi connectivity index (χ4v) is 5.92. The zero-order valence-electron chi connectivity index (χ0n) is 16.4. The second kappa shape index (κ2) is 7.25. The van der Waals surface area contributed by atoms with Crippen LogP contribution in [0.4, 0.5) is 0 Å². The Kier molecular flexibility index (Phi) is 5.64. The van der Waals surface area contributed by atoms with Crippen LogP contribution in [0.2, 0.25) is 0 Å². The van der Waals surface area contributed by atoms with E-state index in [4.69, 9.17) is 4.74 Å². The first-order chi connectivity index (χ1) is 11.4. The van der Waals surface area contributed by atoms with Crippen LogP contribution in [0, 0.1) is 16.7 Å². The second-order valence-corrected chi connectivity index (χ2v) is 9.47. The molecule has 0 unspecified atom stereocenters. The van der Waals surface area contributed by atoms with Gasteiger partial charge in [0.25, 0.3) is 0 Å². The summed E-state index contributed by atoms with van der Waals surface area (Å²) in [6.45, 7) is 11.8. The van der Waals surface area contributed by atoms with Gasteiger partial charge in [-0.3, -0.25) is 4.90 Å². The Balaban J connectivity index is 1.48. The molecule has 0 aromatic carbocycles. The SMILES string of the molecule is CCN(C[C@H](O)CO[C@@H]1C[C@@H]2CC[C@]1(C)C2(C)C)C1CCCCC1. The van der Waals surface area contributed by atoms with Gasteiger partial charge >= 0.3 is 0 Å². The van der Waals surface area contributed by atoms with E-state index in [9.17, 15) is 5.11 Å². The zero-order chi connectivity index (χ0) is 17.4. The highest BCUT2D eigenvalue weighted by Crippen LogP contribution is 2.66. The zero-order valence-corrected chi connectivity index (χ0v) is 16.4. The number of aliphatic hydroxyl groups excluding tert-OH is 1. The summed E-state index contributed by atoms with van der Waals surface area (Å²) in [7, 11) is 0. The first-order valence-corrected chi connectivity index (χ1v) is 10.4. The molecule has 3 fully saturated rings. The minimum Gasteiger partial charge on any atom is -0.389 e. The molecule has 0 heterocycles. The number of hydrogen-bond donors (Lipinski definition) is 1. The Morgan fingerprint density at radius 2 is 1.83 bits per heavy atom. The summed E-state index contributed by atoms with van der Waals surface area (Å²) < 4.78 is 6.29. The molecule has 0 amide bonds. The number of hydrogen-bond acceptors (Lipinski definition) is 3. The largest absolute Gasteiger partial charge is 0.389 e. The molecule has 0 aromatic rings. The maximum absolute atomic E-state index is 10.6. The van der Waals surface area contributed by atoms with Crippen molar-refractivity contribution in [3.05, 3.63) is 0 Å². The number of nitrogens with zero attached hydrogens (tertiary/aromatic N) is 1. The molecule has 3 rings (SSSR count). The number of likely N-dealkylation sites (N-methyl/N-ethyl adjacent to an activating group) is 1. The number of aliphatic hydroxyl groups is 1. The lowest BCUT2D eigenvalue weighted by atomic mass is 9.70. The monoisotopic (exact) mass is 337 g/mol. The molecule has 2 bridgehead atoms. The molecule has 3 aliphatic rings. The quantitative estimate of drug-likeness (QED) is 0.754. The van der Waals surface area contributed by atoms with Crippen LogP contribution < -0.4 is 0 Å². The van der Waals surface area contributed by atoms with E-state index in [-0.39, 0.29) is 6.10 Å². The lowest BCUT2D eigenvalue weighted by Crippen LogP contribution is -2.44. The molecule has 140 valence electrons. The predicted octanol–water partition coefficient (Wildman–Crippen LogP) is 4.23. The van der Waals surface area contributed by atoms with Gasteiger partial charge in [0.2, 0.25) is 0 Å². The predicted molar refractivity (Wildman–Crippen MR) is 99.1 cm³/mol. The highest BCUT2D eigenvalue weighted by atomic mass is 16.5. The highest BCUT2D eigenvalue weighted by molar-refractivity contribution is 5.11. The van der Waals surface area contributed by atoms with Crippen LogP contribution in [-0.2, 0) is 4.74 Å². The van der Waals surface area contributed by atoms with E-state index in [0.717, 1.165) is 19.0 Å². The topological polar surface area (TPSA) is 32.7 Å². The first kappa shape index (κ1) is 18.7. The van der Waals surface area contributed by atoms with E-state index in [1.807, 2.05) is 0 Å². The van der Waals surface area contributed by atoms with Crippen LogP contribution in [0.15, 0.2) is 0 Å². The van der Waals surface area contributed by atoms with Crippen molar-refractivity contribution >= 4 is 0 Å². The lowest BCUT2D eigenvalue weighted by Gasteiger charge is -2.39. The van der Waals surface area contributed by atoms with Crippen molar-refractivity contribution < 1.29 is 9.84 Å². The summed E-state index contributed by atoms with van der Waals surface area (Å²) in [6.07, 6.45) is 10.5. The molecule has 0 aliphatic heterocycles. The first-order valence-electron chi connectivity index (χ1n) is 10.4. The normalized spacial score (nSPS) is 37.2. The summed E-state index contributed by atoms with van der Waals surface area (Å²) >= 11 is 0. The van der Waals surface area contributed by atoms with Crippen molar-refractivity contribution in [3.63, 3.8) is 0 Å². The molecule has 0 saturated heterocycles. The molecule has 3 heteroatoms. The average molecular weight is 338 g/mol. The molecule has 24 heavy (non-hydrogen) atoms. The maximum Gasteiger partial charge on any atom is 0.0900 e. The molecule has 0 radical (unpaired) electrons. The van der Waals surface area contributed by atoms with E-state index < -0.39 is 0 Å². The third kappa shape index (κ3) is 3.29. The minimum atomic E-state index is -0.349. The highest BCUT2D eigenvalue weighted by Gasteiger charge is 2.61.